The van der Waals surface area contributed by atoms with Gasteiger partial charge in [0, 0.05) is 19.3 Å². The molecule has 8 heteroatoms. The highest BCUT2D eigenvalue weighted by molar-refractivity contribution is 5.89. The van der Waals surface area contributed by atoms with Crippen molar-refractivity contribution in [3.05, 3.63) is 47.5 Å². The first-order valence-electron chi connectivity index (χ1n) is 8.43. The molecule has 0 aliphatic rings. The molecule has 0 aliphatic carbocycles. The SMILES string of the molecule is CCN(Cc1ccc(OC)c(OC)c1)C(=O)COC(=O)c1cnc(C)cn1. The van der Waals surface area contributed by atoms with Crippen molar-refractivity contribution in [1.82, 2.24) is 14.9 Å². The number of aromatic nitrogens is 2. The summed E-state index contributed by atoms with van der Waals surface area (Å²) < 4.78 is 15.5. The van der Waals surface area contributed by atoms with E-state index in [1.54, 1.807) is 32.1 Å². The summed E-state index contributed by atoms with van der Waals surface area (Å²) in [6.45, 7) is 4.08. The number of rotatable bonds is 8. The van der Waals surface area contributed by atoms with E-state index in [1.807, 2.05) is 19.1 Å². The zero-order valence-corrected chi connectivity index (χ0v) is 15.9. The van der Waals surface area contributed by atoms with Crippen LogP contribution in [0, 0.1) is 6.92 Å². The van der Waals surface area contributed by atoms with Crippen molar-refractivity contribution in [2.24, 2.45) is 0 Å². The number of methoxy groups -OCH3 is 2. The average Bonchev–Trinajstić information content (AvgIpc) is 2.70. The number of benzene rings is 1. The molecule has 0 saturated heterocycles. The van der Waals surface area contributed by atoms with E-state index < -0.39 is 5.97 Å². The Morgan fingerprint density at radius 3 is 2.41 bits per heavy atom. The van der Waals surface area contributed by atoms with Gasteiger partial charge in [0.05, 0.1) is 26.1 Å². The van der Waals surface area contributed by atoms with Crippen LogP contribution in [0.5, 0.6) is 11.5 Å². The third kappa shape index (κ3) is 5.40. The van der Waals surface area contributed by atoms with Gasteiger partial charge in [0.2, 0.25) is 0 Å². The molecule has 2 aromatic rings. The summed E-state index contributed by atoms with van der Waals surface area (Å²) in [4.78, 5) is 33.9. The predicted octanol–water partition coefficient (Wildman–Crippen LogP) is 2.01. The molecule has 0 radical (unpaired) electrons. The Hall–Kier alpha value is -3.16. The summed E-state index contributed by atoms with van der Waals surface area (Å²) in [5.41, 5.74) is 1.63. The molecule has 1 aromatic carbocycles. The van der Waals surface area contributed by atoms with Gasteiger partial charge >= 0.3 is 5.97 Å². The first-order valence-corrected chi connectivity index (χ1v) is 8.43. The molecular formula is C19H23N3O5. The van der Waals surface area contributed by atoms with Crippen LogP contribution in [0.2, 0.25) is 0 Å². The van der Waals surface area contributed by atoms with Gasteiger partial charge in [-0.25, -0.2) is 9.78 Å². The van der Waals surface area contributed by atoms with Crippen LogP contribution >= 0.6 is 0 Å². The third-order valence-corrected chi connectivity index (χ3v) is 3.87. The lowest BCUT2D eigenvalue weighted by molar-refractivity contribution is -0.135. The summed E-state index contributed by atoms with van der Waals surface area (Å²) in [6, 6.07) is 5.44. The van der Waals surface area contributed by atoms with Gasteiger partial charge in [-0.2, -0.15) is 0 Å². The van der Waals surface area contributed by atoms with Crippen LogP contribution in [-0.2, 0) is 16.1 Å². The molecule has 0 saturated carbocycles. The second-order valence-corrected chi connectivity index (χ2v) is 5.72. The lowest BCUT2D eigenvalue weighted by atomic mass is 10.2. The Morgan fingerprint density at radius 2 is 1.81 bits per heavy atom. The zero-order chi connectivity index (χ0) is 19.8. The summed E-state index contributed by atoms with van der Waals surface area (Å²) in [7, 11) is 3.12. The summed E-state index contributed by atoms with van der Waals surface area (Å²) in [6.07, 6.45) is 2.79. The van der Waals surface area contributed by atoms with Gasteiger partial charge in [-0.05, 0) is 31.5 Å². The Bertz CT molecular complexity index is 792. The number of aryl methyl sites for hydroxylation is 1. The van der Waals surface area contributed by atoms with E-state index in [9.17, 15) is 9.59 Å². The van der Waals surface area contributed by atoms with Crippen molar-refractivity contribution in [3.63, 3.8) is 0 Å². The minimum absolute atomic E-state index is 0.0661. The molecule has 1 aromatic heterocycles. The van der Waals surface area contributed by atoms with Crippen LogP contribution in [-0.4, -0.2) is 54.1 Å². The number of ether oxygens (including phenoxy) is 3. The van der Waals surface area contributed by atoms with E-state index >= 15 is 0 Å². The van der Waals surface area contributed by atoms with E-state index in [0.29, 0.717) is 30.3 Å². The number of likely N-dealkylation sites (N-methyl/N-ethyl adjacent to an activating group) is 1. The van der Waals surface area contributed by atoms with Crippen molar-refractivity contribution in [1.29, 1.82) is 0 Å². The van der Waals surface area contributed by atoms with Crippen molar-refractivity contribution in [2.75, 3.05) is 27.4 Å². The van der Waals surface area contributed by atoms with Crippen LogP contribution in [0.1, 0.15) is 28.7 Å². The molecule has 144 valence electrons. The van der Waals surface area contributed by atoms with Gasteiger partial charge in [0.1, 0.15) is 0 Å². The highest BCUT2D eigenvalue weighted by atomic mass is 16.5. The Labute approximate surface area is 158 Å². The van der Waals surface area contributed by atoms with E-state index in [1.165, 1.54) is 12.4 Å². The lowest BCUT2D eigenvalue weighted by Crippen LogP contribution is -2.34. The van der Waals surface area contributed by atoms with Crippen molar-refractivity contribution in [3.8, 4) is 11.5 Å². The van der Waals surface area contributed by atoms with E-state index in [2.05, 4.69) is 9.97 Å². The fourth-order valence-corrected chi connectivity index (χ4v) is 2.37. The highest BCUT2D eigenvalue weighted by Crippen LogP contribution is 2.28. The molecule has 0 aliphatic heterocycles. The Kier molecular flexibility index (Phi) is 7.10. The first kappa shape index (κ1) is 20.2. The third-order valence-electron chi connectivity index (χ3n) is 3.87. The number of amides is 1. The van der Waals surface area contributed by atoms with Crippen LogP contribution in [0.25, 0.3) is 0 Å². The number of carbonyl (C=O) groups is 2. The minimum Gasteiger partial charge on any atom is -0.493 e. The first-order chi connectivity index (χ1) is 13.0. The van der Waals surface area contributed by atoms with Gasteiger partial charge in [-0.15, -0.1) is 0 Å². The molecule has 1 heterocycles. The highest BCUT2D eigenvalue weighted by Gasteiger charge is 2.17. The summed E-state index contributed by atoms with van der Waals surface area (Å²) in [5, 5.41) is 0. The molecule has 0 spiro atoms. The maximum Gasteiger partial charge on any atom is 0.359 e. The minimum atomic E-state index is -0.682. The molecule has 0 bridgehead atoms. The Balaban J connectivity index is 1.97. The molecule has 1 amide bonds. The fraction of sp³-hybridized carbons (Fsp3) is 0.368. The summed E-state index contributed by atoms with van der Waals surface area (Å²) >= 11 is 0. The van der Waals surface area contributed by atoms with Gasteiger partial charge in [-0.3, -0.25) is 9.78 Å². The molecule has 8 nitrogen and oxygen atoms in total. The normalized spacial score (nSPS) is 10.2. The topological polar surface area (TPSA) is 90.8 Å². The monoisotopic (exact) mass is 373 g/mol. The smallest absolute Gasteiger partial charge is 0.359 e. The fourth-order valence-electron chi connectivity index (χ4n) is 2.37. The molecule has 27 heavy (non-hydrogen) atoms. The van der Waals surface area contributed by atoms with Gasteiger partial charge in [-0.1, -0.05) is 6.07 Å². The maximum atomic E-state index is 12.4. The molecule has 0 N–H and O–H groups in total. The van der Waals surface area contributed by atoms with E-state index in [0.717, 1.165) is 5.56 Å². The second-order valence-electron chi connectivity index (χ2n) is 5.72. The van der Waals surface area contributed by atoms with Crippen LogP contribution < -0.4 is 9.47 Å². The van der Waals surface area contributed by atoms with Crippen molar-refractivity contribution in [2.45, 2.75) is 20.4 Å². The molecule has 0 fully saturated rings. The van der Waals surface area contributed by atoms with Gasteiger partial charge < -0.3 is 19.1 Å². The van der Waals surface area contributed by atoms with Crippen LogP contribution in [0.15, 0.2) is 30.6 Å². The van der Waals surface area contributed by atoms with Crippen LogP contribution in [0.4, 0.5) is 0 Å². The lowest BCUT2D eigenvalue weighted by Gasteiger charge is -2.21. The number of carbonyl (C=O) groups excluding carboxylic acids is 2. The average molecular weight is 373 g/mol. The number of hydrogen-bond donors (Lipinski definition) is 0. The molecule has 2 rings (SSSR count). The summed E-state index contributed by atoms with van der Waals surface area (Å²) in [5.74, 6) is 0.213. The van der Waals surface area contributed by atoms with E-state index in [4.69, 9.17) is 14.2 Å². The molecular weight excluding hydrogens is 350 g/mol. The van der Waals surface area contributed by atoms with Crippen molar-refractivity contribution >= 4 is 11.9 Å². The Morgan fingerprint density at radius 1 is 1.07 bits per heavy atom. The van der Waals surface area contributed by atoms with Gasteiger partial charge in [0.25, 0.3) is 5.91 Å². The maximum absolute atomic E-state index is 12.4. The number of esters is 1. The molecule has 0 unspecified atom stereocenters. The predicted molar refractivity (Wildman–Crippen MR) is 97.7 cm³/mol. The number of nitrogens with zero attached hydrogens (tertiary/aromatic N) is 3. The van der Waals surface area contributed by atoms with Crippen LogP contribution in [0.3, 0.4) is 0 Å². The number of hydrogen-bond acceptors (Lipinski definition) is 7. The second kappa shape index (κ2) is 9.51. The van der Waals surface area contributed by atoms with Gasteiger partial charge in [0.15, 0.2) is 23.8 Å². The molecule has 0 atom stereocenters. The van der Waals surface area contributed by atoms with Crippen molar-refractivity contribution < 1.29 is 23.8 Å². The van der Waals surface area contributed by atoms with E-state index in [-0.39, 0.29) is 18.2 Å². The standard InChI is InChI=1S/C19H23N3O5/c1-5-22(11-14-6-7-16(25-3)17(8-14)26-4)18(23)12-27-19(24)15-10-20-13(2)9-21-15/h6-10H,5,11-12H2,1-4H3. The quantitative estimate of drug-likeness (QED) is 0.654. The largest absolute Gasteiger partial charge is 0.493 e. The zero-order valence-electron chi connectivity index (χ0n) is 15.9.